The van der Waals surface area contributed by atoms with E-state index in [1.807, 2.05) is 51.9 Å². The van der Waals surface area contributed by atoms with Gasteiger partial charge in [-0.1, -0.05) is 24.1 Å². The summed E-state index contributed by atoms with van der Waals surface area (Å²) in [6.07, 6.45) is 2.98. The molecule has 0 radical (unpaired) electrons. The average molecular weight is 453 g/mol. The molecule has 2 amide bonds. The summed E-state index contributed by atoms with van der Waals surface area (Å²) < 4.78 is 28.6. The second-order valence-corrected chi connectivity index (χ2v) is 10.4. The number of aryl methyl sites for hydroxylation is 3. The van der Waals surface area contributed by atoms with E-state index in [-0.39, 0.29) is 12.6 Å². The largest absolute Gasteiger partial charge is 0.348 e. The summed E-state index contributed by atoms with van der Waals surface area (Å²) in [7, 11) is 0.130. The van der Waals surface area contributed by atoms with E-state index >= 15 is 0 Å². The van der Waals surface area contributed by atoms with E-state index in [1.165, 1.54) is 0 Å². The maximum atomic E-state index is 13.5. The van der Waals surface area contributed by atoms with Crippen LogP contribution >= 0.6 is 0 Å². The van der Waals surface area contributed by atoms with Gasteiger partial charge in [0.05, 0.1) is 4.90 Å². The molecule has 1 aromatic carbocycles. The third-order valence-corrected chi connectivity index (χ3v) is 7.82. The van der Waals surface area contributed by atoms with E-state index in [2.05, 4.69) is 10.6 Å². The molecular formula is C22H36N4O4S. The van der Waals surface area contributed by atoms with Gasteiger partial charge >= 0.3 is 11.8 Å². The van der Waals surface area contributed by atoms with Crippen molar-refractivity contribution in [3.63, 3.8) is 0 Å². The lowest BCUT2D eigenvalue weighted by molar-refractivity contribution is -0.139. The number of carbonyl (C=O) groups excluding carboxylic acids is 2. The molecule has 8 nitrogen and oxygen atoms in total. The number of piperidine rings is 1. The molecule has 1 heterocycles. The Hall–Kier alpha value is -1.97. The lowest BCUT2D eigenvalue weighted by atomic mass is 10.0. The van der Waals surface area contributed by atoms with E-state index in [0.29, 0.717) is 31.0 Å². The van der Waals surface area contributed by atoms with E-state index in [4.69, 9.17) is 0 Å². The molecular weight excluding hydrogens is 416 g/mol. The summed E-state index contributed by atoms with van der Waals surface area (Å²) in [6.45, 7) is 7.39. The summed E-state index contributed by atoms with van der Waals surface area (Å²) in [5.41, 5.74) is 2.55. The first-order chi connectivity index (χ1) is 14.5. The number of amides is 2. The Labute approximate surface area is 186 Å². The second-order valence-electron chi connectivity index (χ2n) is 8.60. The van der Waals surface area contributed by atoms with Crippen molar-refractivity contribution in [3.8, 4) is 0 Å². The zero-order valence-electron chi connectivity index (χ0n) is 19.3. The summed E-state index contributed by atoms with van der Waals surface area (Å²) >= 11 is 0. The molecule has 31 heavy (non-hydrogen) atoms. The lowest BCUT2D eigenvalue weighted by Crippen LogP contribution is -2.47. The lowest BCUT2D eigenvalue weighted by Gasteiger charge is -2.35. The fourth-order valence-electron chi connectivity index (χ4n) is 4.18. The number of hydrogen-bond acceptors (Lipinski definition) is 5. The molecule has 2 rings (SSSR count). The molecule has 1 aliphatic rings. The highest BCUT2D eigenvalue weighted by molar-refractivity contribution is 7.89. The topological polar surface area (TPSA) is 98.8 Å². The first kappa shape index (κ1) is 25.3. The summed E-state index contributed by atoms with van der Waals surface area (Å²) in [4.78, 5) is 26.2. The van der Waals surface area contributed by atoms with Crippen LogP contribution in [0.15, 0.2) is 17.0 Å². The van der Waals surface area contributed by atoms with Crippen molar-refractivity contribution in [1.29, 1.82) is 0 Å². The molecule has 0 spiro atoms. The summed E-state index contributed by atoms with van der Waals surface area (Å²) in [5.74, 6) is -1.35. The summed E-state index contributed by atoms with van der Waals surface area (Å²) in [6, 6.07) is 3.60. The minimum Gasteiger partial charge on any atom is -0.348 e. The Kier molecular flexibility index (Phi) is 9.02. The molecule has 1 fully saturated rings. The second kappa shape index (κ2) is 11.1. The first-order valence-corrected chi connectivity index (χ1v) is 12.3. The van der Waals surface area contributed by atoms with Crippen molar-refractivity contribution >= 4 is 21.8 Å². The van der Waals surface area contributed by atoms with E-state index < -0.39 is 21.8 Å². The van der Waals surface area contributed by atoms with Crippen LogP contribution in [0.1, 0.15) is 42.4 Å². The van der Waals surface area contributed by atoms with Gasteiger partial charge in [-0.25, -0.2) is 8.42 Å². The Balaban J connectivity index is 2.01. The Morgan fingerprint density at radius 1 is 1.03 bits per heavy atom. The molecule has 9 heteroatoms. The minimum absolute atomic E-state index is 0.198. The highest BCUT2D eigenvalue weighted by atomic mass is 32.2. The van der Waals surface area contributed by atoms with Crippen LogP contribution in [0.4, 0.5) is 0 Å². The van der Waals surface area contributed by atoms with Crippen molar-refractivity contribution in [2.45, 2.75) is 57.4 Å². The van der Waals surface area contributed by atoms with Crippen LogP contribution < -0.4 is 10.6 Å². The molecule has 1 aliphatic heterocycles. The van der Waals surface area contributed by atoms with Gasteiger partial charge in [-0.3, -0.25) is 9.59 Å². The normalized spacial score (nSPS) is 17.5. The van der Waals surface area contributed by atoms with Crippen LogP contribution in [-0.4, -0.2) is 75.8 Å². The van der Waals surface area contributed by atoms with Crippen LogP contribution in [-0.2, 0) is 19.6 Å². The number of likely N-dealkylation sites (N-methyl/N-ethyl adjacent to an activating group) is 1. The monoisotopic (exact) mass is 452 g/mol. The molecule has 0 bridgehead atoms. The van der Waals surface area contributed by atoms with Gasteiger partial charge in [0.2, 0.25) is 10.0 Å². The molecule has 0 aliphatic carbocycles. The standard InChI is InChI=1S/C22H36N4O4S/c1-16-14-17(2)20(18(3)15-16)31(29,30)26-12-7-6-8-19(26)9-10-23-21(27)22(28)24-11-13-25(4)5/h14-15,19H,6-13H2,1-5H3,(H,23,27)(H,24,28). The number of rotatable bonds is 8. The van der Waals surface area contributed by atoms with Gasteiger partial charge in [0.15, 0.2) is 0 Å². The van der Waals surface area contributed by atoms with Gasteiger partial charge in [0, 0.05) is 32.2 Å². The Morgan fingerprint density at radius 2 is 1.61 bits per heavy atom. The number of nitrogens with zero attached hydrogens (tertiary/aromatic N) is 2. The highest BCUT2D eigenvalue weighted by Gasteiger charge is 2.35. The fourth-order valence-corrected chi connectivity index (χ4v) is 6.31. The zero-order chi connectivity index (χ0) is 23.2. The van der Waals surface area contributed by atoms with Crippen LogP contribution in [0.25, 0.3) is 0 Å². The fraction of sp³-hybridized carbons (Fsp3) is 0.636. The molecule has 174 valence electrons. The number of benzene rings is 1. The predicted molar refractivity (Wildman–Crippen MR) is 121 cm³/mol. The van der Waals surface area contributed by atoms with Crippen molar-refractivity contribution in [1.82, 2.24) is 19.8 Å². The smallest absolute Gasteiger partial charge is 0.309 e. The van der Waals surface area contributed by atoms with Gasteiger partial charge < -0.3 is 15.5 Å². The van der Waals surface area contributed by atoms with Crippen LogP contribution in [0.2, 0.25) is 0 Å². The van der Waals surface area contributed by atoms with Crippen molar-refractivity contribution in [3.05, 3.63) is 28.8 Å². The Bertz CT molecular complexity index is 876. The van der Waals surface area contributed by atoms with Gasteiger partial charge in [-0.15, -0.1) is 0 Å². The van der Waals surface area contributed by atoms with Gasteiger partial charge in [-0.2, -0.15) is 4.31 Å². The molecule has 0 saturated carbocycles. The quantitative estimate of drug-likeness (QED) is 0.580. The SMILES string of the molecule is Cc1cc(C)c(S(=O)(=O)N2CCCCC2CCNC(=O)C(=O)NCCN(C)C)c(C)c1. The highest BCUT2D eigenvalue weighted by Crippen LogP contribution is 2.31. The van der Waals surface area contributed by atoms with E-state index in [1.54, 1.807) is 4.31 Å². The van der Waals surface area contributed by atoms with Gasteiger partial charge in [0.25, 0.3) is 0 Å². The third-order valence-electron chi connectivity index (χ3n) is 5.56. The van der Waals surface area contributed by atoms with Gasteiger partial charge in [-0.05, 0) is 65.3 Å². The van der Waals surface area contributed by atoms with E-state index in [9.17, 15) is 18.0 Å². The zero-order valence-corrected chi connectivity index (χ0v) is 20.1. The van der Waals surface area contributed by atoms with Crippen LogP contribution in [0.5, 0.6) is 0 Å². The Morgan fingerprint density at radius 3 is 2.19 bits per heavy atom. The molecule has 2 N–H and O–H groups in total. The number of nitrogens with one attached hydrogen (secondary N) is 2. The van der Waals surface area contributed by atoms with Crippen LogP contribution in [0, 0.1) is 20.8 Å². The molecule has 1 saturated heterocycles. The van der Waals surface area contributed by atoms with Crippen molar-refractivity contribution < 1.29 is 18.0 Å². The van der Waals surface area contributed by atoms with Crippen molar-refractivity contribution in [2.75, 3.05) is 40.3 Å². The number of sulfonamides is 1. The molecule has 0 aromatic heterocycles. The summed E-state index contributed by atoms with van der Waals surface area (Å²) in [5, 5.41) is 5.20. The average Bonchev–Trinajstić information content (AvgIpc) is 2.66. The minimum atomic E-state index is -3.64. The third kappa shape index (κ3) is 6.75. The van der Waals surface area contributed by atoms with E-state index in [0.717, 1.165) is 36.0 Å². The number of hydrogen-bond donors (Lipinski definition) is 2. The predicted octanol–water partition coefficient (Wildman–Crippen LogP) is 1.34. The first-order valence-electron chi connectivity index (χ1n) is 10.8. The van der Waals surface area contributed by atoms with Crippen LogP contribution in [0.3, 0.4) is 0 Å². The maximum Gasteiger partial charge on any atom is 0.309 e. The number of carbonyl (C=O) groups is 2. The van der Waals surface area contributed by atoms with Gasteiger partial charge in [0.1, 0.15) is 0 Å². The molecule has 1 atom stereocenters. The maximum absolute atomic E-state index is 13.5. The molecule has 1 unspecified atom stereocenters. The van der Waals surface area contributed by atoms with Crippen molar-refractivity contribution in [2.24, 2.45) is 0 Å². The molecule has 1 aromatic rings.